The second kappa shape index (κ2) is 9.01. The number of urea groups is 1. The van der Waals surface area contributed by atoms with Crippen LogP contribution < -0.4 is 5.32 Å². The molecule has 2 aliphatic rings. The molecule has 22 heavy (non-hydrogen) atoms. The fourth-order valence-corrected chi connectivity index (χ4v) is 3.46. The van der Waals surface area contributed by atoms with Gasteiger partial charge in [0.15, 0.2) is 0 Å². The molecule has 5 nitrogen and oxygen atoms in total. The van der Waals surface area contributed by atoms with Crippen molar-refractivity contribution in [1.82, 2.24) is 15.1 Å². The van der Waals surface area contributed by atoms with Crippen molar-refractivity contribution < 1.29 is 9.59 Å². The molecule has 1 aliphatic carbocycles. The minimum Gasteiger partial charge on any atom is -0.341 e. The Morgan fingerprint density at radius 3 is 2.14 bits per heavy atom. The fourth-order valence-electron chi connectivity index (χ4n) is 3.46. The molecule has 126 valence electrons. The Balaban J connectivity index is 1.80. The Bertz CT molecular complexity index is 365. The van der Waals surface area contributed by atoms with Crippen LogP contribution in [0.15, 0.2) is 0 Å². The number of rotatable bonds is 2. The molecule has 1 heterocycles. The summed E-state index contributed by atoms with van der Waals surface area (Å²) in [5.74, 6) is 0.197. The maximum atomic E-state index is 12.5. The molecule has 0 aromatic rings. The van der Waals surface area contributed by atoms with Crippen molar-refractivity contribution in [3.05, 3.63) is 0 Å². The lowest BCUT2D eigenvalue weighted by Crippen LogP contribution is -2.46. The fraction of sp³-hybridized carbons (Fsp3) is 0.882. The van der Waals surface area contributed by atoms with E-state index in [1.54, 1.807) is 0 Å². The second-order valence-corrected chi connectivity index (χ2v) is 6.57. The van der Waals surface area contributed by atoms with E-state index >= 15 is 0 Å². The molecule has 0 unspecified atom stereocenters. The zero-order valence-corrected chi connectivity index (χ0v) is 14.0. The van der Waals surface area contributed by atoms with Gasteiger partial charge in [-0.25, -0.2) is 4.79 Å². The molecule has 2 fully saturated rings. The van der Waals surface area contributed by atoms with Gasteiger partial charge in [0.25, 0.3) is 0 Å². The lowest BCUT2D eigenvalue weighted by atomic mass is 9.97. The minimum atomic E-state index is 0.0661. The summed E-state index contributed by atoms with van der Waals surface area (Å²) in [5, 5.41) is 3.23. The summed E-state index contributed by atoms with van der Waals surface area (Å²) in [6, 6.07) is 0.404. The van der Waals surface area contributed by atoms with Crippen LogP contribution in [-0.2, 0) is 4.79 Å². The summed E-state index contributed by atoms with van der Waals surface area (Å²) in [4.78, 5) is 28.0. The second-order valence-electron chi connectivity index (χ2n) is 6.57. The maximum Gasteiger partial charge on any atom is 0.317 e. The van der Waals surface area contributed by atoms with Crippen LogP contribution in [0.3, 0.4) is 0 Å². The lowest BCUT2D eigenvalue weighted by molar-refractivity contribution is -0.130. The van der Waals surface area contributed by atoms with Crippen LogP contribution in [0, 0.1) is 0 Å². The highest BCUT2D eigenvalue weighted by atomic mass is 16.2. The first-order valence-corrected chi connectivity index (χ1v) is 9.04. The van der Waals surface area contributed by atoms with Gasteiger partial charge in [-0.1, -0.05) is 39.0 Å². The summed E-state index contributed by atoms with van der Waals surface area (Å²) >= 11 is 0. The van der Waals surface area contributed by atoms with E-state index < -0.39 is 0 Å². The average Bonchev–Trinajstić information content (AvgIpc) is 2.75. The Morgan fingerprint density at radius 2 is 1.45 bits per heavy atom. The quantitative estimate of drug-likeness (QED) is 0.853. The van der Waals surface area contributed by atoms with Crippen molar-refractivity contribution in [3.63, 3.8) is 0 Å². The van der Waals surface area contributed by atoms with Gasteiger partial charge >= 0.3 is 6.03 Å². The van der Waals surface area contributed by atoms with E-state index in [1.165, 1.54) is 32.1 Å². The Labute approximate surface area is 134 Å². The van der Waals surface area contributed by atoms with E-state index in [0.717, 1.165) is 32.4 Å². The third-order valence-corrected chi connectivity index (χ3v) is 4.87. The molecular weight excluding hydrogens is 278 g/mol. The van der Waals surface area contributed by atoms with Gasteiger partial charge in [-0.05, 0) is 19.3 Å². The highest BCUT2D eigenvalue weighted by Gasteiger charge is 2.23. The smallest absolute Gasteiger partial charge is 0.317 e. The summed E-state index contributed by atoms with van der Waals surface area (Å²) < 4.78 is 0. The van der Waals surface area contributed by atoms with Gasteiger partial charge in [0, 0.05) is 38.6 Å². The van der Waals surface area contributed by atoms with Crippen LogP contribution in [0.25, 0.3) is 0 Å². The van der Waals surface area contributed by atoms with Crippen LogP contribution >= 0.6 is 0 Å². The predicted molar refractivity (Wildman–Crippen MR) is 87.7 cm³/mol. The molecule has 1 aliphatic heterocycles. The van der Waals surface area contributed by atoms with Crippen molar-refractivity contribution >= 4 is 11.9 Å². The molecular formula is C17H31N3O2. The highest BCUT2D eigenvalue weighted by molar-refractivity contribution is 5.76. The van der Waals surface area contributed by atoms with Crippen LogP contribution in [0.4, 0.5) is 4.79 Å². The van der Waals surface area contributed by atoms with Crippen LogP contribution in [0.1, 0.15) is 64.7 Å². The Hall–Kier alpha value is -1.26. The van der Waals surface area contributed by atoms with Gasteiger partial charge in [-0.15, -0.1) is 0 Å². The van der Waals surface area contributed by atoms with Crippen molar-refractivity contribution in [2.45, 2.75) is 70.8 Å². The standard InChI is InChI=1S/C17H31N3O2/c1-2-16(21)19-11-8-12-20(14-13-19)17(22)18-15-9-6-4-3-5-7-10-15/h15H,2-14H2,1H3,(H,18,22). The Morgan fingerprint density at radius 1 is 0.864 bits per heavy atom. The van der Waals surface area contributed by atoms with Gasteiger partial charge in [-0.2, -0.15) is 0 Å². The normalized spacial score (nSPS) is 21.7. The number of hydrogen-bond acceptors (Lipinski definition) is 2. The summed E-state index contributed by atoms with van der Waals surface area (Å²) in [7, 11) is 0. The molecule has 3 amide bonds. The maximum absolute atomic E-state index is 12.5. The van der Waals surface area contributed by atoms with Crippen molar-refractivity contribution in [2.24, 2.45) is 0 Å². The molecule has 1 saturated heterocycles. The molecule has 0 atom stereocenters. The number of carbonyl (C=O) groups is 2. The van der Waals surface area contributed by atoms with Crippen LogP contribution in [-0.4, -0.2) is 54.0 Å². The van der Waals surface area contributed by atoms with E-state index in [2.05, 4.69) is 5.32 Å². The van der Waals surface area contributed by atoms with E-state index in [9.17, 15) is 9.59 Å². The average molecular weight is 309 g/mol. The number of hydrogen-bond donors (Lipinski definition) is 1. The van der Waals surface area contributed by atoms with Gasteiger partial charge in [-0.3, -0.25) is 4.79 Å². The first-order chi connectivity index (χ1) is 10.7. The molecule has 5 heteroatoms. The van der Waals surface area contributed by atoms with E-state index in [0.29, 0.717) is 25.6 Å². The number of carbonyl (C=O) groups excluding carboxylic acids is 2. The van der Waals surface area contributed by atoms with Crippen molar-refractivity contribution in [1.29, 1.82) is 0 Å². The number of nitrogens with one attached hydrogen (secondary N) is 1. The van der Waals surface area contributed by atoms with Gasteiger partial charge in [0.1, 0.15) is 0 Å². The first kappa shape index (κ1) is 17.1. The summed E-state index contributed by atoms with van der Waals surface area (Å²) in [6.45, 7) is 4.76. The van der Waals surface area contributed by atoms with Gasteiger partial charge in [0.05, 0.1) is 0 Å². The molecule has 2 rings (SSSR count). The molecule has 0 bridgehead atoms. The first-order valence-electron chi connectivity index (χ1n) is 9.04. The number of nitrogens with zero attached hydrogens (tertiary/aromatic N) is 2. The molecule has 0 spiro atoms. The third-order valence-electron chi connectivity index (χ3n) is 4.87. The zero-order chi connectivity index (χ0) is 15.8. The van der Waals surface area contributed by atoms with Crippen LogP contribution in [0.5, 0.6) is 0 Å². The lowest BCUT2D eigenvalue weighted by Gasteiger charge is -2.26. The van der Waals surface area contributed by atoms with Gasteiger partial charge < -0.3 is 15.1 Å². The van der Waals surface area contributed by atoms with E-state index in [4.69, 9.17) is 0 Å². The molecule has 1 N–H and O–H groups in total. The molecule has 0 aromatic heterocycles. The van der Waals surface area contributed by atoms with Crippen molar-refractivity contribution in [3.8, 4) is 0 Å². The minimum absolute atomic E-state index is 0.0661. The van der Waals surface area contributed by atoms with Gasteiger partial charge in [0.2, 0.25) is 5.91 Å². The number of amides is 3. The Kier molecular flexibility index (Phi) is 7.00. The topological polar surface area (TPSA) is 52.7 Å². The molecule has 0 aromatic carbocycles. The van der Waals surface area contributed by atoms with Crippen molar-refractivity contribution in [2.75, 3.05) is 26.2 Å². The van der Waals surface area contributed by atoms with E-state index in [-0.39, 0.29) is 11.9 Å². The monoisotopic (exact) mass is 309 g/mol. The zero-order valence-electron chi connectivity index (χ0n) is 14.0. The predicted octanol–water partition coefficient (Wildman–Crippen LogP) is 2.75. The highest BCUT2D eigenvalue weighted by Crippen LogP contribution is 2.17. The summed E-state index contributed by atoms with van der Waals surface area (Å²) in [6.07, 6.45) is 10.0. The van der Waals surface area contributed by atoms with Crippen LogP contribution in [0.2, 0.25) is 0 Å². The SMILES string of the molecule is CCC(=O)N1CCCN(C(=O)NC2CCCCCCC2)CC1. The van der Waals surface area contributed by atoms with E-state index in [1.807, 2.05) is 16.7 Å². The summed E-state index contributed by atoms with van der Waals surface area (Å²) in [5.41, 5.74) is 0. The molecule has 1 saturated carbocycles. The molecule has 0 radical (unpaired) electrons. The third kappa shape index (κ3) is 5.18. The largest absolute Gasteiger partial charge is 0.341 e.